The van der Waals surface area contributed by atoms with Crippen molar-refractivity contribution in [2.45, 2.75) is 88.3 Å². The predicted molar refractivity (Wildman–Crippen MR) is 126 cm³/mol. The second kappa shape index (κ2) is 9.99. The smallest absolute Gasteiger partial charge is 0.230 e. The van der Waals surface area contributed by atoms with Gasteiger partial charge in [0, 0.05) is 26.2 Å². The van der Waals surface area contributed by atoms with Crippen molar-refractivity contribution >= 4 is 5.91 Å². The number of hydrogen-bond donors (Lipinski definition) is 1. The predicted octanol–water partition coefficient (Wildman–Crippen LogP) is 5.15. The Morgan fingerprint density at radius 1 is 1.09 bits per heavy atom. The molecule has 0 bridgehead atoms. The average Bonchev–Trinajstić information content (AvgIpc) is 2.79. The molecule has 4 rings (SSSR count). The number of ether oxygens (including phenoxy) is 1. The van der Waals surface area contributed by atoms with E-state index in [4.69, 9.17) is 4.74 Å². The Balaban J connectivity index is 1.31. The SMILES string of the molecule is CC1(C)CC(CN2CCC(F)(CNC(=O)C3(c4ccc(F)cc4)CCCCC3)CC2)CCO1. The van der Waals surface area contributed by atoms with Gasteiger partial charge in [0.05, 0.1) is 17.6 Å². The van der Waals surface area contributed by atoms with E-state index in [9.17, 15) is 9.18 Å². The minimum absolute atomic E-state index is 0.0624. The minimum atomic E-state index is -1.36. The van der Waals surface area contributed by atoms with Crippen LogP contribution in [0.2, 0.25) is 0 Å². The van der Waals surface area contributed by atoms with E-state index in [-0.39, 0.29) is 23.9 Å². The molecule has 0 radical (unpaired) electrons. The second-order valence-electron chi connectivity index (χ2n) is 11.3. The molecule has 1 atom stereocenters. The summed E-state index contributed by atoms with van der Waals surface area (Å²) in [4.78, 5) is 15.8. The van der Waals surface area contributed by atoms with Gasteiger partial charge in [-0.1, -0.05) is 31.4 Å². The summed E-state index contributed by atoms with van der Waals surface area (Å²) in [5.74, 6) is 0.198. The summed E-state index contributed by atoms with van der Waals surface area (Å²) < 4.78 is 35.0. The molecular formula is C27H40F2N2O2. The number of carbonyl (C=O) groups excluding carboxylic acids is 1. The molecule has 33 heavy (non-hydrogen) atoms. The highest BCUT2D eigenvalue weighted by atomic mass is 19.1. The topological polar surface area (TPSA) is 41.6 Å². The van der Waals surface area contributed by atoms with Crippen LogP contribution < -0.4 is 5.32 Å². The first-order chi connectivity index (χ1) is 15.7. The van der Waals surface area contributed by atoms with Gasteiger partial charge in [0.2, 0.25) is 5.91 Å². The molecule has 1 N–H and O–H groups in total. The molecule has 3 aliphatic rings. The average molecular weight is 463 g/mol. The van der Waals surface area contributed by atoms with E-state index < -0.39 is 11.1 Å². The zero-order chi connectivity index (χ0) is 23.5. The van der Waals surface area contributed by atoms with Crippen molar-refractivity contribution in [2.24, 2.45) is 5.92 Å². The molecule has 0 spiro atoms. The summed E-state index contributed by atoms with van der Waals surface area (Å²) in [5.41, 5.74) is -1.24. The molecule has 1 amide bonds. The maximum absolute atomic E-state index is 15.6. The van der Waals surface area contributed by atoms with E-state index in [2.05, 4.69) is 24.1 Å². The zero-order valence-electron chi connectivity index (χ0n) is 20.3. The Kier molecular flexibility index (Phi) is 7.44. The first-order valence-corrected chi connectivity index (χ1v) is 12.8. The van der Waals surface area contributed by atoms with Crippen molar-refractivity contribution < 1.29 is 18.3 Å². The van der Waals surface area contributed by atoms with Gasteiger partial charge in [-0.15, -0.1) is 0 Å². The Bertz CT molecular complexity index is 797. The van der Waals surface area contributed by atoms with Crippen LogP contribution in [0.4, 0.5) is 8.78 Å². The highest BCUT2D eigenvalue weighted by molar-refractivity contribution is 5.88. The number of carbonyl (C=O) groups is 1. The van der Waals surface area contributed by atoms with Gasteiger partial charge >= 0.3 is 0 Å². The van der Waals surface area contributed by atoms with Crippen LogP contribution >= 0.6 is 0 Å². The van der Waals surface area contributed by atoms with Crippen molar-refractivity contribution in [3.8, 4) is 0 Å². The van der Waals surface area contributed by atoms with Gasteiger partial charge in [0.15, 0.2) is 0 Å². The number of nitrogens with zero attached hydrogens (tertiary/aromatic N) is 1. The molecule has 4 nitrogen and oxygen atoms in total. The normalized spacial score (nSPS) is 27.1. The summed E-state index contributed by atoms with van der Waals surface area (Å²) in [7, 11) is 0. The monoisotopic (exact) mass is 462 g/mol. The van der Waals surface area contributed by atoms with Crippen molar-refractivity contribution in [2.75, 3.05) is 32.8 Å². The lowest BCUT2D eigenvalue weighted by Gasteiger charge is -2.42. The Hall–Kier alpha value is -1.53. The van der Waals surface area contributed by atoms with Gasteiger partial charge in [-0.25, -0.2) is 8.78 Å². The number of likely N-dealkylation sites (tertiary alicyclic amines) is 1. The summed E-state index contributed by atoms with van der Waals surface area (Å²) in [6.45, 7) is 7.63. The van der Waals surface area contributed by atoms with Crippen LogP contribution in [0.1, 0.15) is 77.2 Å². The van der Waals surface area contributed by atoms with Crippen LogP contribution in [0.3, 0.4) is 0 Å². The van der Waals surface area contributed by atoms with E-state index >= 15 is 4.39 Å². The second-order valence-corrected chi connectivity index (χ2v) is 11.3. The molecular weight excluding hydrogens is 422 g/mol. The van der Waals surface area contributed by atoms with E-state index in [0.717, 1.165) is 76.8 Å². The zero-order valence-corrected chi connectivity index (χ0v) is 20.3. The number of nitrogens with one attached hydrogen (secondary N) is 1. The van der Waals surface area contributed by atoms with Crippen LogP contribution in [0.15, 0.2) is 24.3 Å². The third-order valence-electron chi connectivity index (χ3n) is 8.17. The van der Waals surface area contributed by atoms with Crippen LogP contribution in [0.25, 0.3) is 0 Å². The lowest BCUT2D eigenvalue weighted by atomic mass is 9.68. The van der Waals surface area contributed by atoms with E-state index in [0.29, 0.717) is 18.8 Å². The van der Waals surface area contributed by atoms with E-state index in [1.165, 1.54) is 12.1 Å². The highest BCUT2D eigenvalue weighted by Gasteiger charge is 2.43. The summed E-state index contributed by atoms with van der Waals surface area (Å²) in [6, 6.07) is 6.29. The number of rotatable bonds is 6. The first kappa shape index (κ1) is 24.6. The molecule has 6 heteroatoms. The van der Waals surface area contributed by atoms with Gasteiger partial charge in [0.1, 0.15) is 11.5 Å². The van der Waals surface area contributed by atoms with Crippen LogP contribution in [0.5, 0.6) is 0 Å². The molecule has 1 aromatic carbocycles. The molecule has 2 saturated heterocycles. The standard InChI is InChI=1S/C27H40F2N2O2/c1-25(2)18-21(10-17-33-25)19-31-15-13-26(29,14-16-31)20-30-24(32)27(11-4-3-5-12-27)22-6-8-23(28)9-7-22/h6-9,21H,3-5,10-20H2,1-2H3,(H,30,32). The van der Waals surface area contributed by atoms with Crippen LogP contribution in [0, 0.1) is 11.7 Å². The van der Waals surface area contributed by atoms with Gasteiger partial charge in [-0.05, 0) is 76.0 Å². The number of piperidine rings is 1. The summed E-state index contributed by atoms with van der Waals surface area (Å²) >= 11 is 0. The first-order valence-electron chi connectivity index (χ1n) is 12.8. The van der Waals surface area contributed by atoms with Gasteiger partial charge in [-0.2, -0.15) is 0 Å². The van der Waals surface area contributed by atoms with Crippen molar-refractivity contribution in [1.29, 1.82) is 0 Å². The molecule has 0 aromatic heterocycles. The fourth-order valence-electron chi connectivity index (χ4n) is 6.17. The molecule has 2 aliphatic heterocycles. The summed E-state index contributed by atoms with van der Waals surface area (Å²) in [6.07, 6.45) is 7.51. The Morgan fingerprint density at radius 3 is 2.39 bits per heavy atom. The number of halogens is 2. The van der Waals surface area contributed by atoms with Crippen molar-refractivity contribution in [3.05, 3.63) is 35.6 Å². The molecule has 2 heterocycles. The van der Waals surface area contributed by atoms with Gasteiger partial charge in [0.25, 0.3) is 0 Å². The number of amides is 1. The number of benzene rings is 1. The number of hydrogen-bond acceptors (Lipinski definition) is 3. The molecule has 1 aliphatic carbocycles. The van der Waals surface area contributed by atoms with Crippen molar-refractivity contribution in [3.63, 3.8) is 0 Å². The number of alkyl halides is 1. The fraction of sp³-hybridized carbons (Fsp3) is 0.741. The lowest BCUT2D eigenvalue weighted by molar-refractivity contribution is -0.129. The fourth-order valence-corrected chi connectivity index (χ4v) is 6.17. The highest BCUT2D eigenvalue weighted by Crippen LogP contribution is 2.40. The van der Waals surface area contributed by atoms with Crippen LogP contribution in [-0.2, 0) is 14.9 Å². The molecule has 184 valence electrons. The van der Waals surface area contributed by atoms with Gasteiger partial charge in [-0.3, -0.25) is 4.79 Å². The Morgan fingerprint density at radius 2 is 1.76 bits per heavy atom. The van der Waals surface area contributed by atoms with Crippen LogP contribution in [-0.4, -0.2) is 54.9 Å². The third kappa shape index (κ3) is 5.94. The van der Waals surface area contributed by atoms with E-state index in [1.807, 2.05) is 0 Å². The Labute approximate surface area is 197 Å². The quantitative estimate of drug-likeness (QED) is 0.636. The molecule has 1 saturated carbocycles. The van der Waals surface area contributed by atoms with Gasteiger partial charge < -0.3 is 15.0 Å². The minimum Gasteiger partial charge on any atom is -0.376 e. The third-order valence-corrected chi connectivity index (χ3v) is 8.17. The molecule has 3 fully saturated rings. The molecule has 1 aromatic rings. The largest absolute Gasteiger partial charge is 0.376 e. The maximum Gasteiger partial charge on any atom is 0.230 e. The maximum atomic E-state index is 15.6. The molecule has 1 unspecified atom stereocenters. The lowest BCUT2D eigenvalue weighted by Crippen LogP contribution is -2.53. The van der Waals surface area contributed by atoms with E-state index in [1.54, 1.807) is 12.1 Å². The summed E-state index contributed by atoms with van der Waals surface area (Å²) in [5, 5.41) is 2.98. The van der Waals surface area contributed by atoms with Crippen molar-refractivity contribution in [1.82, 2.24) is 10.2 Å².